The Hall–Kier alpha value is -0.0800. The monoisotopic (exact) mass is 197 g/mol. The van der Waals surface area contributed by atoms with Crippen molar-refractivity contribution in [1.82, 2.24) is 4.90 Å². The summed E-state index contributed by atoms with van der Waals surface area (Å²) < 4.78 is 0. The minimum absolute atomic E-state index is 0.0684. The van der Waals surface area contributed by atoms with Crippen LogP contribution >= 0.6 is 0 Å². The molecule has 2 aliphatic rings. The maximum Gasteiger partial charge on any atom is 0.0695 e. The van der Waals surface area contributed by atoms with Gasteiger partial charge in [0.15, 0.2) is 0 Å². The third kappa shape index (κ3) is 1.82. The molecule has 1 aliphatic carbocycles. The SMILES string of the molecule is CC1(C)CCCN1[C@H]1CCCC[C@@H]1O. The second kappa shape index (κ2) is 3.82. The average Bonchev–Trinajstić information content (AvgIpc) is 2.46. The lowest BCUT2D eigenvalue weighted by Gasteiger charge is -2.42. The van der Waals surface area contributed by atoms with Crippen LogP contribution in [0.1, 0.15) is 52.4 Å². The number of hydrogen-bond donors (Lipinski definition) is 1. The first-order valence-electron chi connectivity index (χ1n) is 6.06. The first kappa shape index (κ1) is 10.4. The molecule has 0 aromatic rings. The topological polar surface area (TPSA) is 23.5 Å². The summed E-state index contributed by atoms with van der Waals surface area (Å²) in [4.78, 5) is 2.55. The summed E-state index contributed by atoms with van der Waals surface area (Å²) in [5, 5.41) is 10.0. The van der Waals surface area contributed by atoms with Gasteiger partial charge in [0.2, 0.25) is 0 Å². The Balaban J connectivity index is 2.05. The minimum Gasteiger partial charge on any atom is -0.391 e. The molecule has 1 N–H and O–H groups in total. The molecule has 2 heteroatoms. The fraction of sp³-hybridized carbons (Fsp3) is 1.00. The molecule has 2 fully saturated rings. The van der Waals surface area contributed by atoms with E-state index < -0.39 is 0 Å². The largest absolute Gasteiger partial charge is 0.391 e. The van der Waals surface area contributed by atoms with E-state index in [1.807, 2.05) is 0 Å². The van der Waals surface area contributed by atoms with Crippen LogP contribution in [0.25, 0.3) is 0 Å². The maximum absolute atomic E-state index is 10.0. The van der Waals surface area contributed by atoms with Crippen molar-refractivity contribution in [3.05, 3.63) is 0 Å². The fourth-order valence-electron chi connectivity index (χ4n) is 3.20. The Kier molecular flexibility index (Phi) is 2.85. The van der Waals surface area contributed by atoms with E-state index in [0.717, 1.165) is 6.42 Å². The van der Waals surface area contributed by atoms with E-state index >= 15 is 0 Å². The first-order chi connectivity index (χ1) is 6.61. The van der Waals surface area contributed by atoms with E-state index in [1.54, 1.807) is 0 Å². The van der Waals surface area contributed by atoms with Crippen molar-refractivity contribution < 1.29 is 5.11 Å². The first-order valence-corrected chi connectivity index (χ1v) is 6.06. The van der Waals surface area contributed by atoms with Crippen molar-refractivity contribution in [2.75, 3.05) is 6.54 Å². The Bertz CT molecular complexity index is 202. The number of aliphatic hydroxyl groups excluding tert-OH is 1. The van der Waals surface area contributed by atoms with Gasteiger partial charge in [-0.15, -0.1) is 0 Å². The molecule has 0 amide bonds. The summed E-state index contributed by atoms with van der Waals surface area (Å²) in [6, 6.07) is 0.446. The molecule has 1 saturated carbocycles. The number of rotatable bonds is 1. The zero-order valence-electron chi connectivity index (χ0n) is 9.50. The van der Waals surface area contributed by atoms with Crippen molar-refractivity contribution in [2.24, 2.45) is 0 Å². The molecular weight excluding hydrogens is 174 g/mol. The second-order valence-electron chi connectivity index (χ2n) is 5.53. The molecule has 0 radical (unpaired) electrons. The van der Waals surface area contributed by atoms with E-state index in [2.05, 4.69) is 18.7 Å². The molecule has 2 atom stereocenters. The van der Waals surface area contributed by atoms with Crippen molar-refractivity contribution in [1.29, 1.82) is 0 Å². The number of nitrogens with zero attached hydrogens (tertiary/aromatic N) is 1. The van der Waals surface area contributed by atoms with E-state index in [1.165, 1.54) is 38.6 Å². The highest BCUT2D eigenvalue weighted by molar-refractivity contribution is 4.95. The van der Waals surface area contributed by atoms with Crippen LogP contribution in [0.3, 0.4) is 0 Å². The van der Waals surface area contributed by atoms with Gasteiger partial charge in [-0.3, -0.25) is 4.90 Å². The van der Waals surface area contributed by atoms with Crippen LogP contribution in [0.15, 0.2) is 0 Å². The molecule has 0 aromatic carbocycles. The predicted octanol–water partition coefficient (Wildman–Crippen LogP) is 2.16. The molecular formula is C12H23NO. The highest BCUT2D eigenvalue weighted by Crippen LogP contribution is 2.35. The third-order valence-electron chi connectivity index (χ3n) is 4.06. The zero-order chi connectivity index (χ0) is 10.2. The van der Waals surface area contributed by atoms with Crippen LogP contribution < -0.4 is 0 Å². The Morgan fingerprint density at radius 2 is 1.86 bits per heavy atom. The van der Waals surface area contributed by atoms with Gasteiger partial charge in [-0.2, -0.15) is 0 Å². The van der Waals surface area contributed by atoms with E-state index in [-0.39, 0.29) is 6.10 Å². The average molecular weight is 197 g/mol. The summed E-state index contributed by atoms with van der Waals surface area (Å²) in [5.74, 6) is 0. The van der Waals surface area contributed by atoms with E-state index in [4.69, 9.17) is 0 Å². The van der Waals surface area contributed by atoms with E-state index in [9.17, 15) is 5.11 Å². The molecule has 1 saturated heterocycles. The van der Waals surface area contributed by atoms with Gasteiger partial charge in [0.05, 0.1) is 6.10 Å². The summed E-state index contributed by atoms with van der Waals surface area (Å²) in [5.41, 5.74) is 0.322. The maximum atomic E-state index is 10.0. The van der Waals surface area contributed by atoms with Crippen LogP contribution in [0.4, 0.5) is 0 Å². The molecule has 2 nitrogen and oxygen atoms in total. The molecule has 1 aliphatic heterocycles. The number of aliphatic hydroxyl groups is 1. The van der Waals surface area contributed by atoms with Crippen molar-refractivity contribution >= 4 is 0 Å². The van der Waals surface area contributed by atoms with E-state index in [0.29, 0.717) is 11.6 Å². The Morgan fingerprint density at radius 3 is 2.43 bits per heavy atom. The van der Waals surface area contributed by atoms with Crippen LogP contribution in [-0.4, -0.2) is 34.2 Å². The molecule has 2 rings (SSSR count). The lowest BCUT2D eigenvalue weighted by atomic mass is 9.89. The normalized spacial score (nSPS) is 38.8. The molecule has 14 heavy (non-hydrogen) atoms. The summed E-state index contributed by atoms with van der Waals surface area (Å²) in [6.45, 7) is 5.83. The summed E-state index contributed by atoms with van der Waals surface area (Å²) in [7, 11) is 0. The summed E-state index contributed by atoms with van der Waals surface area (Å²) >= 11 is 0. The Labute approximate surface area is 87.3 Å². The summed E-state index contributed by atoms with van der Waals surface area (Å²) in [6.07, 6.45) is 7.25. The van der Waals surface area contributed by atoms with Crippen molar-refractivity contribution in [2.45, 2.75) is 70.1 Å². The standard InChI is InChI=1S/C12H23NO/c1-12(2)8-5-9-13(12)10-6-3-4-7-11(10)14/h10-11,14H,3-9H2,1-2H3/t10-,11-/m0/s1. The van der Waals surface area contributed by atoms with Gasteiger partial charge in [0, 0.05) is 11.6 Å². The lowest BCUT2D eigenvalue weighted by Crippen LogP contribution is -2.51. The van der Waals surface area contributed by atoms with Gasteiger partial charge in [0.25, 0.3) is 0 Å². The third-order valence-corrected chi connectivity index (χ3v) is 4.06. The lowest BCUT2D eigenvalue weighted by molar-refractivity contribution is -0.00830. The molecule has 0 aromatic heterocycles. The highest BCUT2D eigenvalue weighted by atomic mass is 16.3. The number of likely N-dealkylation sites (tertiary alicyclic amines) is 1. The minimum atomic E-state index is -0.0684. The molecule has 1 heterocycles. The van der Waals surface area contributed by atoms with Gasteiger partial charge in [-0.1, -0.05) is 12.8 Å². The number of hydrogen-bond acceptors (Lipinski definition) is 2. The molecule has 0 unspecified atom stereocenters. The van der Waals surface area contributed by atoms with Gasteiger partial charge < -0.3 is 5.11 Å². The predicted molar refractivity (Wildman–Crippen MR) is 58.3 cm³/mol. The highest BCUT2D eigenvalue weighted by Gasteiger charge is 2.39. The molecule has 0 bridgehead atoms. The van der Waals surface area contributed by atoms with Crippen molar-refractivity contribution in [3.8, 4) is 0 Å². The quantitative estimate of drug-likeness (QED) is 0.696. The van der Waals surface area contributed by atoms with Gasteiger partial charge in [-0.05, 0) is 46.1 Å². The zero-order valence-corrected chi connectivity index (χ0v) is 9.50. The van der Waals surface area contributed by atoms with Crippen molar-refractivity contribution in [3.63, 3.8) is 0 Å². The van der Waals surface area contributed by atoms with Gasteiger partial charge >= 0.3 is 0 Å². The van der Waals surface area contributed by atoms with Gasteiger partial charge in [-0.25, -0.2) is 0 Å². The van der Waals surface area contributed by atoms with Crippen LogP contribution in [-0.2, 0) is 0 Å². The van der Waals surface area contributed by atoms with Crippen LogP contribution in [0, 0.1) is 0 Å². The molecule has 82 valence electrons. The molecule has 0 spiro atoms. The second-order valence-corrected chi connectivity index (χ2v) is 5.53. The van der Waals surface area contributed by atoms with Crippen LogP contribution in [0.2, 0.25) is 0 Å². The Morgan fingerprint density at radius 1 is 1.14 bits per heavy atom. The van der Waals surface area contributed by atoms with Gasteiger partial charge in [0.1, 0.15) is 0 Å². The van der Waals surface area contributed by atoms with Crippen LogP contribution in [0.5, 0.6) is 0 Å². The smallest absolute Gasteiger partial charge is 0.0695 e. The fourth-order valence-corrected chi connectivity index (χ4v) is 3.20.